The minimum absolute atomic E-state index is 0.0158. The van der Waals surface area contributed by atoms with E-state index in [2.05, 4.69) is 18.7 Å². The zero-order valence-corrected chi connectivity index (χ0v) is 11.9. The van der Waals surface area contributed by atoms with Crippen molar-refractivity contribution in [2.24, 2.45) is 11.8 Å². The van der Waals surface area contributed by atoms with Gasteiger partial charge in [-0.1, -0.05) is 20.3 Å². The standard InChI is InChI=1S/C15H27NO2/c1-12(2)10-15(17)18-11-13-6-5-9-16-8-4-3-7-14(13)16/h12-14H,3-11H2,1-2H3/t13-,14+/m1/s1. The van der Waals surface area contributed by atoms with Crippen molar-refractivity contribution < 1.29 is 9.53 Å². The van der Waals surface area contributed by atoms with Gasteiger partial charge in [-0.15, -0.1) is 0 Å². The second kappa shape index (κ2) is 6.55. The van der Waals surface area contributed by atoms with Crippen LogP contribution in [0.4, 0.5) is 0 Å². The molecule has 0 spiro atoms. The van der Waals surface area contributed by atoms with E-state index < -0.39 is 0 Å². The van der Waals surface area contributed by atoms with Gasteiger partial charge in [-0.05, 0) is 44.7 Å². The summed E-state index contributed by atoms with van der Waals surface area (Å²) in [6.45, 7) is 7.27. The van der Waals surface area contributed by atoms with Crippen LogP contribution in [0, 0.1) is 11.8 Å². The van der Waals surface area contributed by atoms with Crippen LogP contribution in [0.3, 0.4) is 0 Å². The molecular formula is C15H27NO2. The van der Waals surface area contributed by atoms with E-state index in [1.54, 1.807) is 0 Å². The average molecular weight is 253 g/mol. The highest BCUT2D eigenvalue weighted by Gasteiger charge is 2.33. The van der Waals surface area contributed by atoms with E-state index >= 15 is 0 Å². The summed E-state index contributed by atoms with van der Waals surface area (Å²) in [7, 11) is 0. The first-order valence-electron chi connectivity index (χ1n) is 7.56. The normalized spacial score (nSPS) is 29.1. The van der Waals surface area contributed by atoms with Gasteiger partial charge in [-0.25, -0.2) is 0 Å². The second-order valence-corrected chi connectivity index (χ2v) is 6.28. The molecule has 2 rings (SSSR count). The van der Waals surface area contributed by atoms with Crippen molar-refractivity contribution >= 4 is 5.97 Å². The molecule has 0 radical (unpaired) electrons. The fourth-order valence-electron chi connectivity index (χ4n) is 3.36. The predicted molar refractivity (Wildman–Crippen MR) is 72.4 cm³/mol. The number of hydrogen-bond acceptors (Lipinski definition) is 3. The zero-order valence-electron chi connectivity index (χ0n) is 11.9. The Bertz CT molecular complexity index is 276. The number of esters is 1. The van der Waals surface area contributed by atoms with Crippen LogP contribution in [-0.2, 0) is 9.53 Å². The SMILES string of the molecule is CC(C)CC(=O)OC[C@H]1CCCN2CCCC[C@@H]12. The molecule has 2 aliphatic rings. The van der Waals surface area contributed by atoms with Crippen LogP contribution >= 0.6 is 0 Å². The second-order valence-electron chi connectivity index (χ2n) is 6.28. The molecule has 0 saturated carbocycles. The molecule has 0 amide bonds. The molecule has 0 N–H and O–H groups in total. The van der Waals surface area contributed by atoms with E-state index in [-0.39, 0.29) is 5.97 Å². The van der Waals surface area contributed by atoms with Gasteiger partial charge in [-0.2, -0.15) is 0 Å². The lowest BCUT2D eigenvalue weighted by molar-refractivity contribution is -0.147. The van der Waals surface area contributed by atoms with E-state index in [0.29, 0.717) is 30.9 Å². The van der Waals surface area contributed by atoms with Gasteiger partial charge >= 0.3 is 5.97 Å². The van der Waals surface area contributed by atoms with Gasteiger partial charge in [0.2, 0.25) is 0 Å². The number of piperidine rings is 2. The minimum Gasteiger partial charge on any atom is -0.465 e. The molecule has 0 bridgehead atoms. The lowest BCUT2D eigenvalue weighted by atomic mass is 9.84. The Morgan fingerprint density at radius 2 is 2.00 bits per heavy atom. The third-order valence-electron chi connectivity index (χ3n) is 4.26. The Morgan fingerprint density at radius 3 is 2.78 bits per heavy atom. The van der Waals surface area contributed by atoms with Crippen LogP contribution in [-0.4, -0.2) is 36.6 Å². The lowest BCUT2D eigenvalue weighted by Gasteiger charge is -2.44. The summed E-state index contributed by atoms with van der Waals surface area (Å²) in [4.78, 5) is 14.2. The maximum absolute atomic E-state index is 11.6. The van der Waals surface area contributed by atoms with Gasteiger partial charge < -0.3 is 4.74 Å². The number of nitrogens with zero attached hydrogens (tertiary/aromatic N) is 1. The topological polar surface area (TPSA) is 29.5 Å². The number of ether oxygens (including phenoxy) is 1. The van der Waals surface area contributed by atoms with Gasteiger partial charge in [0, 0.05) is 18.4 Å². The van der Waals surface area contributed by atoms with Crippen LogP contribution in [0.1, 0.15) is 52.4 Å². The van der Waals surface area contributed by atoms with Crippen molar-refractivity contribution in [3.63, 3.8) is 0 Å². The fraction of sp³-hybridized carbons (Fsp3) is 0.933. The molecule has 2 heterocycles. The van der Waals surface area contributed by atoms with Gasteiger partial charge in [0.05, 0.1) is 6.61 Å². The van der Waals surface area contributed by atoms with Gasteiger partial charge in [0.25, 0.3) is 0 Å². The Balaban J connectivity index is 1.79. The van der Waals surface area contributed by atoms with Crippen LogP contribution in [0.15, 0.2) is 0 Å². The minimum atomic E-state index is -0.0158. The van der Waals surface area contributed by atoms with Gasteiger partial charge in [0.15, 0.2) is 0 Å². The van der Waals surface area contributed by atoms with Gasteiger partial charge in [0.1, 0.15) is 0 Å². The molecule has 2 atom stereocenters. The Kier molecular flexibility index (Phi) is 5.04. The highest BCUT2D eigenvalue weighted by Crippen LogP contribution is 2.31. The molecule has 2 aliphatic heterocycles. The molecule has 0 aliphatic carbocycles. The molecular weight excluding hydrogens is 226 g/mol. The third kappa shape index (κ3) is 3.71. The molecule has 0 aromatic carbocycles. The maximum Gasteiger partial charge on any atom is 0.306 e. The van der Waals surface area contributed by atoms with Gasteiger partial charge in [-0.3, -0.25) is 9.69 Å². The Hall–Kier alpha value is -0.570. The summed E-state index contributed by atoms with van der Waals surface area (Å²) in [6, 6.07) is 0.680. The first-order valence-corrected chi connectivity index (χ1v) is 7.56. The van der Waals surface area contributed by atoms with E-state index in [0.717, 1.165) is 0 Å². The summed E-state index contributed by atoms with van der Waals surface area (Å²) in [6.07, 6.45) is 7.04. The van der Waals surface area contributed by atoms with E-state index in [4.69, 9.17) is 4.74 Å². The van der Waals surface area contributed by atoms with Crippen molar-refractivity contribution in [1.82, 2.24) is 4.90 Å². The number of carbonyl (C=O) groups is 1. The predicted octanol–water partition coefficient (Wildman–Crippen LogP) is 2.84. The maximum atomic E-state index is 11.6. The van der Waals surface area contributed by atoms with Crippen LogP contribution in [0.2, 0.25) is 0 Å². The number of rotatable bonds is 4. The Labute approximate surface area is 111 Å². The quantitative estimate of drug-likeness (QED) is 0.722. The first kappa shape index (κ1) is 13.9. The Morgan fingerprint density at radius 1 is 1.22 bits per heavy atom. The van der Waals surface area contributed by atoms with Crippen LogP contribution < -0.4 is 0 Å². The highest BCUT2D eigenvalue weighted by atomic mass is 16.5. The molecule has 3 nitrogen and oxygen atoms in total. The summed E-state index contributed by atoms with van der Waals surface area (Å²) >= 11 is 0. The summed E-state index contributed by atoms with van der Waals surface area (Å²) < 4.78 is 5.48. The smallest absolute Gasteiger partial charge is 0.306 e. The summed E-state index contributed by atoms with van der Waals surface area (Å²) in [5.74, 6) is 0.961. The van der Waals surface area contributed by atoms with Crippen LogP contribution in [0.5, 0.6) is 0 Å². The van der Waals surface area contributed by atoms with E-state index in [1.807, 2.05) is 0 Å². The summed E-state index contributed by atoms with van der Waals surface area (Å²) in [5, 5.41) is 0. The molecule has 3 heteroatoms. The van der Waals surface area contributed by atoms with E-state index in [1.165, 1.54) is 45.2 Å². The number of hydrogen-bond donors (Lipinski definition) is 0. The molecule has 104 valence electrons. The van der Waals surface area contributed by atoms with Crippen molar-refractivity contribution in [3.05, 3.63) is 0 Å². The number of carbonyl (C=O) groups excluding carboxylic acids is 1. The lowest BCUT2D eigenvalue weighted by Crippen LogP contribution is -2.49. The monoisotopic (exact) mass is 253 g/mol. The summed E-state index contributed by atoms with van der Waals surface area (Å²) in [5.41, 5.74) is 0. The van der Waals surface area contributed by atoms with Crippen molar-refractivity contribution in [3.8, 4) is 0 Å². The average Bonchev–Trinajstić information content (AvgIpc) is 2.35. The van der Waals surface area contributed by atoms with Crippen LogP contribution in [0.25, 0.3) is 0 Å². The number of fused-ring (bicyclic) bond motifs is 1. The largest absolute Gasteiger partial charge is 0.465 e. The van der Waals surface area contributed by atoms with Crippen molar-refractivity contribution in [2.45, 2.75) is 58.4 Å². The molecule has 18 heavy (non-hydrogen) atoms. The van der Waals surface area contributed by atoms with Crippen molar-refractivity contribution in [1.29, 1.82) is 0 Å². The zero-order chi connectivity index (χ0) is 13.0. The first-order chi connectivity index (χ1) is 8.66. The highest BCUT2D eigenvalue weighted by molar-refractivity contribution is 5.69. The van der Waals surface area contributed by atoms with Crippen molar-refractivity contribution in [2.75, 3.05) is 19.7 Å². The molecule has 0 unspecified atom stereocenters. The fourth-order valence-corrected chi connectivity index (χ4v) is 3.36. The molecule has 0 aromatic heterocycles. The molecule has 2 saturated heterocycles. The third-order valence-corrected chi connectivity index (χ3v) is 4.26. The van der Waals surface area contributed by atoms with E-state index in [9.17, 15) is 4.79 Å². The molecule has 2 fully saturated rings. The molecule has 0 aromatic rings.